The summed E-state index contributed by atoms with van der Waals surface area (Å²) in [6.45, 7) is 0. The fraction of sp³-hybridized carbons (Fsp3) is 0. The first-order chi connectivity index (χ1) is 1.73. The second-order valence-corrected chi connectivity index (χ2v) is 0.238. The molecular formula is H5FMgN2O3. The number of rotatable bonds is 0. The predicted molar refractivity (Wildman–Crippen MR) is 22.1 cm³/mol. The smallest absolute Gasteiger partial charge is 0.291 e. The van der Waals surface area contributed by atoms with Crippen LogP contribution in [0.4, 0.5) is 4.70 Å². The molecule has 0 spiro atoms. The van der Waals surface area contributed by atoms with E-state index in [1.54, 1.807) is 0 Å². The van der Waals surface area contributed by atoms with Crippen LogP contribution in [0.3, 0.4) is 0 Å². The van der Waals surface area contributed by atoms with Gasteiger partial charge in [0.25, 0.3) is 5.09 Å². The summed E-state index contributed by atoms with van der Waals surface area (Å²) in [5.74, 6) is 0. The van der Waals surface area contributed by atoms with E-state index in [2.05, 4.69) is 0 Å². The van der Waals surface area contributed by atoms with Crippen molar-refractivity contribution in [2.75, 3.05) is 0 Å². The van der Waals surface area contributed by atoms with Crippen molar-refractivity contribution >= 4 is 23.1 Å². The molecule has 0 saturated heterocycles. The van der Waals surface area contributed by atoms with E-state index in [1.165, 1.54) is 0 Å². The highest BCUT2D eigenvalue weighted by Gasteiger charge is 1.65. The van der Waals surface area contributed by atoms with Crippen LogP contribution in [-0.2, 0) is 0 Å². The molecule has 2 radical (unpaired) electrons. The Morgan fingerprint density at radius 2 is 1.57 bits per heavy atom. The molecule has 0 heterocycles. The Balaban J connectivity index is -0.0000000150. The quantitative estimate of drug-likeness (QED) is 0.260. The van der Waals surface area contributed by atoms with E-state index >= 15 is 0 Å². The van der Waals surface area contributed by atoms with E-state index in [1.807, 2.05) is 0 Å². The summed E-state index contributed by atoms with van der Waals surface area (Å²) in [5.41, 5.74) is 0. The molecule has 0 aromatic rings. The lowest BCUT2D eigenvalue weighted by Crippen LogP contribution is -1.81. The molecule has 0 aliphatic rings. The van der Waals surface area contributed by atoms with Crippen LogP contribution in [0.25, 0.3) is 0 Å². The van der Waals surface area contributed by atoms with Gasteiger partial charge in [-0.2, -0.15) is 0 Å². The van der Waals surface area contributed by atoms with Crippen LogP contribution < -0.4 is 6.15 Å². The minimum atomic E-state index is -1.50. The van der Waals surface area contributed by atoms with Crippen LogP contribution in [-0.4, -0.2) is 33.3 Å². The first kappa shape index (κ1) is 28.8. The van der Waals surface area contributed by atoms with E-state index in [-0.39, 0.29) is 33.9 Å². The Labute approximate surface area is 54.9 Å². The molecule has 0 aromatic carbocycles. The van der Waals surface area contributed by atoms with E-state index in [0.717, 1.165) is 0 Å². The highest BCUT2D eigenvalue weighted by Crippen LogP contribution is 1.38. The second kappa shape index (κ2) is 16.9. The predicted octanol–water partition coefficient (Wildman–Crippen LogP) is -0.414. The van der Waals surface area contributed by atoms with Gasteiger partial charge in [0, 0.05) is 23.1 Å². The average molecular weight is 124 g/mol. The molecule has 5 nitrogen and oxygen atoms in total. The van der Waals surface area contributed by atoms with Crippen molar-refractivity contribution in [1.29, 1.82) is 0 Å². The molecule has 0 aromatic heterocycles. The first-order valence-electron chi connectivity index (χ1n) is 0.565. The van der Waals surface area contributed by atoms with Gasteiger partial charge in [0.05, 0.1) is 0 Å². The molecule has 7 heteroatoms. The largest absolute Gasteiger partial charge is 0.344 e. The van der Waals surface area contributed by atoms with Crippen molar-refractivity contribution in [1.82, 2.24) is 6.15 Å². The molecule has 0 aliphatic heterocycles. The maximum absolute atomic E-state index is 8.36. The second-order valence-electron chi connectivity index (χ2n) is 0.238. The maximum Gasteiger partial charge on any atom is 0.291 e. The van der Waals surface area contributed by atoms with Gasteiger partial charge < -0.3 is 11.4 Å². The van der Waals surface area contributed by atoms with Gasteiger partial charge in [-0.05, 0) is 0 Å². The summed E-state index contributed by atoms with van der Waals surface area (Å²) in [4.78, 5) is 8.36. The van der Waals surface area contributed by atoms with E-state index < -0.39 is 5.09 Å². The van der Waals surface area contributed by atoms with Crippen LogP contribution in [0.1, 0.15) is 0 Å². The molecule has 0 amide bonds. The number of nitrogens with zero attached hydrogens (tertiary/aromatic N) is 1. The zero-order chi connectivity index (χ0) is 3.58. The molecule has 42 valence electrons. The summed E-state index contributed by atoms with van der Waals surface area (Å²) >= 11 is 0. The number of hydrogen-bond acceptors (Lipinski definition) is 3. The van der Waals surface area contributed by atoms with Crippen molar-refractivity contribution in [2.24, 2.45) is 0 Å². The summed E-state index contributed by atoms with van der Waals surface area (Å²) in [6.07, 6.45) is 0. The lowest BCUT2D eigenvalue weighted by atomic mass is 13.1. The molecular weight excluding hydrogens is 119 g/mol. The summed E-state index contributed by atoms with van der Waals surface area (Å²) < 4.78 is 0. The van der Waals surface area contributed by atoms with Gasteiger partial charge in [0.1, 0.15) is 0 Å². The molecule has 0 unspecified atom stereocenters. The standard InChI is InChI=1S/FH.Mg.HNO3.H3N/c;;2-1(3)4;/h1H;;(H,2,3,4);1H3. The molecule has 0 bridgehead atoms. The van der Waals surface area contributed by atoms with Crippen molar-refractivity contribution < 1.29 is 15.0 Å². The molecule has 0 aliphatic carbocycles. The van der Waals surface area contributed by atoms with Crippen LogP contribution in [0.15, 0.2) is 0 Å². The Hall–Kier alpha value is -0.144. The lowest BCUT2D eigenvalue weighted by Gasteiger charge is -1.56. The SMILES string of the molecule is F.N.O=[N+]([O-])O.[Mg]. The lowest BCUT2D eigenvalue weighted by molar-refractivity contribution is -0.742. The molecule has 0 saturated carbocycles. The van der Waals surface area contributed by atoms with Crippen LogP contribution >= 0.6 is 0 Å². The molecule has 7 heavy (non-hydrogen) atoms. The topological polar surface area (TPSA) is 98.4 Å². The fourth-order valence-electron chi connectivity index (χ4n) is 0. The van der Waals surface area contributed by atoms with E-state index in [9.17, 15) is 0 Å². The van der Waals surface area contributed by atoms with Gasteiger partial charge in [-0.15, -0.1) is 10.1 Å². The minimum absolute atomic E-state index is 0. The third-order valence-corrected chi connectivity index (χ3v) is 0. The Morgan fingerprint density at radius 1 is 1.57 bits per heavy atom. The van der Waals surface area contributed by atoms with Gasteiger partial charge in [-0.3, -0.25) is 4.70 Å². The van der Waals surface area contributed by atoms with Gasteiger partial charge in [-0.25, -0.2) is 0 Å². The highest BCUT2D eigenvalue weighted by atomic mass is 24.3. The monoisotopic (exact) mass is 124 g/mol. The van der Waals surface area contributed by atoms with Crippen molar-refractivity contribution in [3.63, 3.8) is 0 Å². The zero-order valence-corrected chi connectivity index (χ0v) is 4.95. The van der Waals surface area contributed by atoms with Crippen LogP contribution in [0.2, 0.25) is 0 Å². The Morgan fingerprint density at radius 3 is 1.57 bits per heavy atom. The molecule has 0 rings (SSSR count). The van der Waals surface area contributed by atoms with Gasteiger partial charge >= 0.3 is 0 Å². The van der Waals surface area contributed by atoms with Gasteiger partial charge in [0.15, 0.2) is 0 Å². The van der Waals surface area contributed by atoms with Crippen molar-refractivity contribution in [2.45, 2.75) is 0 Å². The minimum Gasteiger partial charge on any atom is -0.344 e. The van der Waals surface area contributed by atoms with Gasteiger partial charge in [0.2, 0.25) is 0 Å². The maximum atomic E-state index is 8.36. The van der Waals surface area contributed by atoms with E-state index in [4.69, 9.17) is 15.3 Å². The van der Waals surface area contributed by atoms with Crippen LogP contribution in [0, 0.1) is 10.1 Å². The van der Waals surface area contributed by atoms with Crippen molar-refractivity contribution in [3.8, 4) is 0 Å². The molecule has 0 atom stereocenters. The highest BCUT2D eigenvalue weighted by molar-refractivity contribution is 5.75. The summed E-state index contributed by atoms with van der Waals surface area (Å²) in [7, 11) is 0. The van der Waals surface area contributed by atoms with Gasteiger partial charge in [-0.1, -0.05) is 0 Å². The zero-order valence-electron chi connectivity index (χ0n) is 3.53. The molecule has 4 N–H and O–H groups in total. The fourth-order valence-corrected chi connectivity index (χ4v) is 0. The molecule has 0 fully saturated rings. The number of halogens is 1. The normalized spacial score (nSPS) is 3.43. The number of hydrogen-bond donors (Lipinski definition) is 2. The van der Waals surface area contributed by atoms with E-state index in [0.29, 0.717) is 0 Å². The van der Waals surface area contributed by atoms with Crippen LogP contribution in [0.5, 0.6) is 0 Å². The third-order valence-electron chi connectivity index (χ3n) is 0. The summed E-state index contributed by atoms with van der Waals surface area (Å²) in [5, 5.41) is 13.6. The first-order valence-corrected chi connectivity index (χ1v) is 0.565. The summed E-state index contributed by atoms with van der Waals surface area (Å²) in [6, 6.07) is 0. The van der Waals surface area contributed by atoms with Crippen molar-refractivity contribution in [3.05, 3.63) is 10.1 Å². The third kappa shape index (κ3) is 4210. The Bertz CT molecular complexity index is 35.9. The average Bonchev–Trinajstić information content (AvgIpc) is 0.811. The Kier molecular flexibility index (Phi) is 69.7.